The third-order valence-electron chi connectivity index (χ3n) is 4.53. The number of piperidine rings is 1. The Morgan fingerprint density at radius 1 is 1.28 bits per heavy atom. The summed E-state index contributed by atoms with van der Waals surface area (Å²) in [6.45, 7) is 7.33. The first-order valence-corrected chi connectivity index (χ1v) is 8.73. The monoisotopic (exact) mass is 341 g/mol. The second-order valence-corrected chi connectivity index (χ2v) is 7.66. The Balaban J connectivity index is 1.82. The number of benzene rings is 1. The van der Waals surface area contributed by atoms with E-state index in [1.165, 1.54) is 12.1 Å². The van der Waals surface area contributed by atoms with Gasteiger partial charge in [-0.1, -0.05) is 32.9 Å². The lowest BCUT2D eigenvalue weighted by molar-refractivity contribution is -0.140. The van der Waals surface area contributed by atoms with Gasteiger partial charge in [0.1, 0.15) is 5.82 Å². The molecule has 0 spiro atoms. The number of rotatable bonds is 2. The van der Waals surface area contributed by atoms with Crippen LogP contribution in [0.5, 0.6) is 0 Å². The highest BCUT2D eigenvalue weighted by Crippen LogP contribution is 2.29. The second kappa shape index (κ2) is 6.90. The van der Waals surface area contributed by atoms with E-state index in [1.54, 1.807) is 18.3 Å². The van der Waals surface area contributed by atoms with E-state index in [4.69, 9.17) is 0 Å². The van der Waals surface area contributed by atoms with Crippen molar-refractivity contribution < 1.29 is 9.18 Å². The molecule has 1 aliphatic rings. The molecule has 2 heterocycles. The van der Waals surface area contributed by atoms with E-state index in [0.717, 1.165) is 25.1 Å². The third kappa shape index (κ3) is 4.03. The fourth-order valence-corrected chi connectivity index (χ4v) is 3.24. The molecule has 1 aliphatic heterocycles. The molecule has 1 aromatic carbocycles. The lowest BCUT2D eigenvalue weighted by Crippen LogP contribution is -2.44. The number of hydrogen-bond acceptors (Lipinski definition) is 3. The Morgan fingerprint density at radius 3 is 2.80 bits per heavy atom. The van der Waals surface area contributed by atoms with Gasteiger partial charge in [-0.2, -0.15) is 0 Å². The first kappa shape index (κ1) is 17.5. The molecule has 0 N–H and O–H groups in total. The van der Waals surface area contributed by atoms with Crippen LogP contribution in [0.25, 0.3) is 11.4 Å². The SMILES string of the molecule is CC(C)(C)C(=O)N1CCCC(c2ccnc(-c3cccc(F)c3)n2)C1. The molecule has 1 amide bonds. The van der Waals surface area contributed by atoms with Crippen molar-refractivity contribution in [1.82, 2.24) is 14.9 Å². The number of carbonyl (C=O) groups is 1. The van der Waals surface area contributed by atoms with Crippen molar-refractivity contribution in [2.75, 3.05) is 13.1 Å². The van der Waals surface area contributed by atoms with Gasteiger partial charge in [0.25, 0.3) is 0 Å². The maximum Gasteiger partial charge on any atom is 0.227 e. The van der Waals surface area contributed by atoms with Crippen molar-refractivity contribution in [3.8, 4) is 11.4 Å². The Morgan fingerprint density at radius 2 is 2.08 bits per heavy atom. The van der Waals surface area contributed by atoms with E-state index in [1.807, 2.05) is 31.7 Å². The van der Waals surface area contributed by atoms with Crippen LogP contribution in [0.1, 0.15) is 45.2 Å². The standard InChI is InChI=1S/C20H24FN3O/c1-20(2,3)19(25)24-11-5-7-15(13-24)17-9-10-22-18(23-17)14-6-4-8-16(21)12-14/h4,6,8-10,12,15H,5,7,11,13H2,1-3H3. The van der Waals surface area contributed by atoms with Gasteiger partial charge in [-0.05, 0) is 31.0 Å². The summed E-state index contributed by atoms with van der Waals surface area (Å²) < 4.78 is 13.5. The topological polar surface area (TPSA) is 46.1 Å². The van der Waals surface area contributed by atoms with E-state index in [-0.39, 0.29) is 23.1 Å². The van der Waals surface area contributed by atoms with Gasteiger partial charge in [0.05, 0.1) is 0 Å². The molecular weight excluding hydrogens is 317 g/mol. The summed E-state index contributed by atoms with van der Waals surface area (Å²) in [6, 6.07) is 8.21. The molecule has 0 radical (unpaired) electrons. The molecule has 5 heteroatoms. The van der Waals surface area contributed by atoms with Gasteiger partial charge in [-0.25, -0.2) is 14.4 Å². The number of hydrogen-bond donors (Lipinski definition) is 0. The van der Waals surface area contributed by atoms with Gasteiger partial charge in [0.2, 0.25) is 5.91 Å². The Kier molecular flexibility index (Phi) is 4.84. The van der Waals surface area contributed by atoms with Crippen LogP contribution in [-0.4, -0.2) is 33.9 Å². The van der Waals surface area contributed by atoms with Gasteiger partial charge >= 0.3 is 0 Å². The zero-order chi connectivity index (χ0) is 18.0. The van der Waals surface area contributed by atoms with Crippen molar-refractivity contribution in [1.29, 1.82) is 0 Å². The number of carbonyl (C=O) groups excluding carboxylic acids is 1. The predicted octanol–water partition coefficient (Wildman–Crippen LogP) is 4.03. The first-order valence-electron chi connectivity index (χ1n) is 8.73. The quantitative estimate of drug-likeness (QED) is 0.828. The number of halogens is 1. The minimum Gasteiger partial charge on any atom is -0.342 e. The predicted molar refractivity (Wildman–Crippen MR) is 95.4 cm³/mol. The largest absolute Gasteiger partial charge is 0.342 e. The summed E-state index contributed by atoms with van der Waals surface area (Å²) in [5, 5.41) is 0. The van der Waals surface area contributed by atoms with Gasteiger partial charge in [0, 0.05) is 41.9 Å². The smallest absolute Gasteiger partial charge is 0.227 e. The van der Waals surface area contributed by atoms with Crippen molar-refractivity contribution in [2.45, 2.75) is 39.5 Å². The number of likely N-dealkylation sites (tertiary alicyclic amines) is 1. The molecule has 1 aromatic heterocycles. The van der Waals surface area contributed by atoms with Crippen LogP contribution in [0.2, 0.25) is 0 Å². The normalized spacial score (nSPS) is 18.2. The molecule has 0 aliphatic carbocycles. The molecule has 1 fully saturated rings. The second-order valence-electron chi connectivity index (χ2n) is 7.66. The Bertz CT molecular complexity index is 770. The fourth-order valence-electron chi connectivity index (χ4n) is 3.24. The lowest BCUT2D eigenvalue weighted by atomic mass is 9.90. The summed E-state index contributed by atoms with van der Waals surface area (Å²) in [6.07, 6.45) is 3.67. The fraction of sp³-hybridized carbons (Fsp3) is 0.450. The molecule has 1 atom stereocenters. The van der Waals surface area contributed by atoms with Crippen molar-refractivity contribution in [3.05, 3.63) is 48.0 Å². The molecule has 0 saturated carbocycles. The van der Waals surface area contributed by atoms with Crippen LogP contribution >= 0.6 is 0 Å². The zero-order valence-corrected chi connectivity index (χ0v) is 15.0. The van der Waals surface area contributed by atoms with Crippen LogP contribution < -0.4 is 0 Å². The van der Waals surface area contributed by atoms with Crippen LogP contribution in [-0.2, 0) is 4.79 Å². The van der Waals surface area contributed by atoms with E-state index in [9.17, 15) is 9.18 Å². The maximum absolute atomic E-state index is 13.5. The molecule has 25 heavy (non-hydrogen) atoms. The minimum absolute atomic E-state index is 0.177. The lowest BCUT2D eigenvalue weighted by Gasteiger charge is -2.36. The average molecular weight is 341 g/mol. The summed E-state index contributed by atoms with van der Waals surface area (Å²) in [7, 11) is 0. The average Bonchev–Trinajstić information content (AvgIpc) is 2.60. The van der Waals surface area contributed by atoms with Crippen LogP contribution in [0.4, 0.5) is 4.39 Å². The Hall–Kier alpha value is -2.30. The number of nitrogens with zero attached hydrogens (tertiary/aromatic N) is 3. The summed E-state index contributed by atoms with van der Waals surface area (Å²) in [4.78, 5) is 23.4. The number of aromatic nitrogens is 2. The highest BCUT2D eigenvalue weighted by atomic mass is 19.1. The zero-order valence-electron chi connectivity index (χ0n) is 15.0. The van der Waals surface area contributed by atoms with Gasteiger partial charge in [-0.3, -0.25) is 4.79 Å². The van der Waals surface area contributed by atoms with Crippen molar-refractivity contribution in [3.63, 3.8) is 0 Å². The van der Waals surface area contributed by atoms with Gasteiger partial charge in [0.15, 0.2) is 5.82 Å². The Labute approximate surface area is 148 Å². The van der Waals surface area contributed by atoms with E-state index in [0.29, 0.717) is 17.9 Å². The summed E-state index contributed by atoms with van der Waals surface area (Å²) in [5.74, 6) is 0.592. The highest BCUT2D eigenvalue weighted by molar-refractivity contribution is 5.81. The van der Waals surface area contributed by atoms with E-state index >= 15 is 0 Å². The van der Waals surface area contributed by atoms with Crippen LogP contribution in [0, 0.1) is 11.2 Å². The molecule has 2 aromatic rings. The highest BCUT2D eigenvalue weighted by Gasteiger charge is 2.32. The summed E-state index contributed by atoms with van der Waals surface area (Å²) >= 11 is 0. The molecule has 3 rings (SSSR count). The van der Waals surface area contributed by atoms with Gasteiger partial charge in [-0.15, -0.1) is 0 Å². The third-order valence-corrected chi connectivity index (χ3v) is 4.53. The number of amides is 1. The van der Waals surface area contributed by atoms with E-state index < -0.39 is 0 Å². The van der Waals surface area contributed by atoms with E-state index in [2.05, 4.69) is 9.97 Å². The van der Waals surface area contributed by atoms with Crippen molar-refractivity contribution >= 4 is 5.91 Å². The first-order chi connectivity index (χ1) is 11.8. The van der Waals surface area contributed by atoms with Gasteiger partial charge < -0.3 is 4.90 Å². The maximum atomic E-state index is 13.5. The van der Waals surface area contributed by atoms with Crippen molar-refractivity contribution in [2.24, 2.45) is 5.41 Å². The molecule has 4 nitrogen and oxygen atoms in total. The molecule has 132 valence electrons. The van der Waals surface area contributed by atoms with Crippen LogP contribution in [0.15, 0.2) is 36.5 Å². The minimum atomic E-state index is -0.375. The molecule has 1 unspecified atom stereocenters. The van der Waals surface area contributed by atoms with Crippen LogP contribution in [0.3, 0.4) is 0 Å². The molecule has 0 bridgehead atoms. The summed E-state index contributed by atoms with van der Waals surface area (Å²) in [5.41, 5.74) is 1.21. The molecule has 1 saturated heterocycles. The molecular formula is C20H24FN3O.